The highest BCUT2D eigenvalue weighted by atomic mass is 16.2. The zero-order valence-corrected chi connectivity index (χ0v) is 13.7. The maximum absolute atomic E-state index is 12.5. The van der Waals surface area contributed by atoms with Crippen molar-refractivity contribution < 1.29 is 4.79 Å². The lowest BCUT2D eigenvalue weighted by Gasteiger charge is -2.33. The summed E-state index contributed by atoms with van der Waals surface area (Å²) in [7, 11) is 0. The molecule has 1 aliphatic rings. The van der Waals surface area contributed by atoms with E-state index < -0.39 is 0 Å². The topological polar surface area (TPSA) is 41.1 Å². The van der Waals surface area contributed by atoms with Crippen LogP contribution in [0.1, 0.15) is 63.6 Å². The quantitative estimate of drug-likeness (QED) is 0.892. The van der Waals surface area contributed by atoms with E-state index in [9.17, 15) is 4.79 Å². The van der Waals surface area contributed by atoms with Crippen molar-refractivity contribution in [3.05, 3.63) is 35.4 Å². The molecule has 1 aromatic carbocycles. The second-order valence-electron chi connectivity index (χ2n) is 6.86. The van der Waals surface area contributed by atoms with Gasteiger partial charge >= 0.3 is 0 Å². The molecule has 1 heterocycles. The van der Waals surface area contributed by atoms with E-state index in [2.05, 4.69) is 62.6 Å². The van der Waals surface area contributed by atoms with Crippen molar-refractivity contribution in [2.24, 2.45) is 5.41 Å². The van der Waals surface area contributed by atoms with Crippen LogP contribution in [0.3, 0.4) is 0 Å². The lowest BCUT2D eigenvalue weighted by Crippen LogP contribution is -2.49. The lowest BCUT2D eigenvalue weighted by molar-refractivity contribution is -0.131. The van der Waals surface area contributed by atoms with E-state index in [1.54, 1.807) is 0 Å². The molecule has 1 aliphatic heterocycles. The molecule has 2 N–H and O–H groups in total. The highest BCUT2D eigenvalue weighted by Gasteiger charge is 2.35. The highest BCUT2D eigenvalue weighted by Crippen LogP contribution is 2.27. The Labute approximate surface area is 128 Å². The fourth-order valence-electron chi connectivity index (χ4n) is 2.87. The molecular weight excluding hydrogens is 260 g/mol. The van der Waals surface area contributed by atoms with Gasteiger partial charge in [-0.2, -0.15) is 0 Å². The highest BCUT2D eigenvalue weighted by molar-refractivity contribution is 5.83. The molecule has 2 rings (SSSR count). The smallest absolute Gasteiger partial charge is 0.227 e. The fraction of sp³-hybridized carbons (Fsp3) is 0.611. The summed E-state index contributed by atoms with van der Waals surface area (Å²) in [5, 5.41) is 6.50. The van der Waals surface area contributed by atoms with Gasteiger partial charge in [-0.05, 0) is 50.3 Å². The average Bonchev–Trinajstić information content (AvgIpc) is 2.48. The molecule has 0 radical (unpaired) electrons. The molecule has 0 bridgehead atoms. The van der Waals surface area contributed by atoms with Crippen LogP contribution in [0.15, 0.2) is 24.3 Å². The van der Waals surface area contributed by atoms with E-state index in [1.165, 1.54) is 11.1 Å². The molecule has 21 heavy (non-hydrogen) atoms. The maximum atomic E-state index is 12.5. The van der Waals surface area contributed by atoms with Gasteiger partial charge in [-0.1, -0.05) is 38.1 Å². The summed E-state index contributed by atoms with van der Waals surface area (Å²) in [4.78, 5) is 12.5. The SMILES string of the molecule is CC(C)c1ccc(C(C)NC(=O)C2(C)CCCNC2)cc1. The van der Waals surface area contributed by atoms with E-state index in [0.717, 1.165) is 25.9 Å². The molecule has 0 aliphatic carbocycles. The minimum atomic E-state index is -0.273. The standard InChI is InChI=1S/C18H28N2O/c1-13(2)15-6-8-16(9-7-15)14(3)20-17(21)18(4)10-5-11-19-12-18/h6-9,13-14,19H,5,10-12H2,1-4H3,(H,20,21). The number of amides is 1. The Bertz CT molecular complexity index is 472. The molecule has 116 valence electrons. The number of benzene rings is 1. The second kappa shape index (κ2) is 6.61. The first kappa shape index (κ1) is 16.0. The van der Waals surface area contributed by atoms with Crippen molar-refractivity contribution in [2.75, 3.05) is 13.1 Å². The number of hydrogen-bond donors (Lipinski definition) is 2. The molecule has 1 aromatic rings. The summed E-state index contributed by atoms with van der Waals surface area (Å²) in [5.41, 5.74) is 2.23. The van der Waals surface area contributed by atoms with Crippen LogP contribution in [0, 0.1) is 5.41 Å². The second-order valence-corrected chi connectivity index (χ2v) is 6.86. The van der Waals surface area contributed by atoms with Gasteiger partial charge < -0.3 is 10.6 Å². The van der Waals surface area contributed by atoms with Crippen molar-refractivity contribution >= 4 is 5.91 Å². The third-order valence-electron chi connectivity index (χ3n) is 4.60. The predicted molar refractivity (Wildman–Crippen MR) is 87.3 cm³/mol. The van der Waals surface area contributed by atoms with Gasteiger partial charge in [-0.15, -0.1) is 0 Å². The van der Waals surface area contributed by atoms with Crippen molar-refractivity contribution in [1.29, 1.82) is 0 Å². The van der Waals surface area contributed by atoms with Gasteiger partial charge in [0.15, 0.2) is 0 Å². The van der Waals surface area contributed by atoms with Crippen LogP contribution in [0.5, 0.6) is 0 Å². The number of nitrogens with one attached hydrogen (secondary N) is 2. The molecule has 0 saturated carbocycles. The number of piperidine rings is 1. The van der Waals surface area contributed by atoms with Gasteiger partial charge in [-0.25, -0.2) is 0 Å². The number of carbonyl (C=O) groups is 1. The van der Waals surface area contributed by atoms with Crippen molar-refractivity contribution in [3.8, 4) is 0 Å². The maximum Gasteiger partial charge on any atom is 0.227 e. The van der Waals surface area contributed by atoms with Crippen LogP contribution in [-0.2, 0) is 4.79 Å². The van der Waals surface area contributed by atoms with Crippen LogP contribution in [0.2, 0.25) is 0 Å². The first-order valence-corrected chi connectivity index (χ1v) is 8.04. The van der Waals surface area contributed by atoms with Crippen molar-refractivity contribution in [1.82, 2.24) is 10.6 Å². The molecule has 3 heteroatoms. The summed E-state index contributed by atoms with van der Waals surface area (Å²) in [5.74, 6) is 0.700. The van der Waals surface area contributed by atoms with E-state index in [4.69, 9.17) is 0 Å². The van der Waals surface area contributed by atoms with Crippen LogP contribution in [-0.4, -0.2) is 19.0 Å². The molecule has 0 aromatic heterocycles. The Hall–Kier alpha value is -1.35. The Balaban J connectivity index is 2.00. The van der Waals surface area contributed by atoms with E-state index in [0.29, 0.717) is 5.92 Å². The molecular formula is C18H28N2O. The van der Waals surface area contributed by atoms with Crippen LogP contribution in [0.4, 0.5) is 0 Å². The molecule has 1 amide bonds. The molecule has 1 fully saturated rings. The average molecular weight is 288 g/mol. The van der Waals surface area contributed by atoms with Gasteiger partial charge in [0, 0.05) is 6.54 Å². The van der Waals surface area contributed by atoms with Crippen LogP contribution < -0.4 is 10.6 Å². The van der Waals surface area contributed by atoms with Gasteiger partial charge in [0.2, 0.25) is 5.91 Å². The zero-order chi connectivity index (χ0) is 15.5. The molecule has 3 nitrogen and oxygen atoms in total. The molecule has 1 saturated heterocycles. The third-order valence-corrected chi connectivity index (χ3v) is 4.60. The lowest BCUT2D eigenvalue weighted by atomic mass is 9.81. The first-order valence-electron chi connectivity index (χ1n) is 8.04. The normalized spacial score (nSPS) is 23.9. The van der Waals surface area contributed by atoms with Gasteiger partial charge in [-0.3, -0.25) is 4.79 Å². The largest absolute Gasteiger partial charge is 0.349 e. The molecule has 2 unspecified atom stereocenters. The van der Waals surface area contributed by atoms with E-state index in [1.807, 2.05) is 0 Å². The first-order chi connectivity index (χ1) is 9.92. The Morgan fingerprint density at radius 3 is 2.33 bits per heavy atom. The number of rotatable bonds is 4. The van der Waals surface area contributed by atoms with Crippen molar-refractivity contribution in [3.63, 3.8) is 0 Å². The van der Waals surface area contributed by atoms with Crippen LogP contribution in [0.25, 0.3) is 0 Å². The summed E-state index contributed by atoms with van der Waals surface area (Å²) in [6, 6.07) is 8.63. The van der Waals surface area contributed by atoms with Crippen molar-refractivity contribution in [2.45, 2.75) is 52.5 Å². The summed E-state index contributed by atoms with van der Waals surface area (Å²) in [6.07, 6.45) is 2.03. The Morgan fingerprint density at radius 2 is 1.81 bits per heavy atom. The van der Waals surface area contributed by atoms with E-state index in [-0.39, 0.29) is 17.4 Å². The fourth-order valence-corrected chi connectivity index (χ4v) is 2.87. The van der Waals surface area contributed by atoms with Crippen LogP contribution >= 0.6 is 0 Å². The number of carbonyl (C=O) groups excluding carboxylic acids is 1. The van der Waals surface area contributed by atoms with Gasteiger partial charge in [0.05, 0.1) is 11.5 Å². The zero-order valence-electron chi connectivity index (χ0n) is 13.7. The third kappa shape index (κ3) is 3.85. The Kier molecular flexibility index (Phi) is 5.04. The summed E-state index contributed by atoms with van der Waals surface area (Å²) in [6.45, 7) is 10.3. The van der Waals surface area contributed by atoms with Gasteiger partial charge in [0.25, 0.3) is 0 Å². The molecule has 0 spiro atoms. The predicted octanol–water partition coefficient (Wildman–Crippen LogP) is 3.38. The summed E-state index contributed by atoms with van der Waals surface area (Å²) < 4.78 is 0. The Morgan fingerprint density at radius 1 is 1.19 bits per heavy atom. The van der Waals surface area contributed by atoms with Gasteiger partial charge in [0.1, 0.15) is 0 Å². The summed E-state index contributed by atoms with van der Waals surface area (Å²) >= 11 is 0. The minimum Gasteiger partial charge on any atom is -0.349 e. The molecule has 2 atom stereocenters. The minimum absolute atomic E-state index is 0.0532. The number of hydrogen-bond acceptors (Lipinski definition) is 2. The van der Waals surface area contributed by atoms with E-state index >= 15 is 0 Å². The monoisotopic (exact) mass is 288 g/mol.